The molecule has 1 aromatic rings. The number of hydrogen-bond donors (Lipinski definition) is 1. The zero-order valence-corrected chi connectivity index (χ0v) is 12.8. The number of nitrogens with zero attached hydrogens (tertiary/aromatic N) is 1. The number of carbonyl (C=O) groups excluding carboxylic acids is 1. The number of amides is 1. The van der Waals surface area contributed by atoms with Crippen LogP contribution in [0.2, 0.25) is 0 Å². The Bertz CT molecular complexity index is 428. The minimum Gasteiger partial charge on any atom is -0.335 e. The van der Waals surface area contributed by atoms with Crippen LogP contribution in [0.4, 0.5) is 0 Å². The minimum atomic E-state index is 0.119. The van der Waals surface area contributed by atoms with Gasteiger partial charge in [0, 0.05) is 18.5 Å². The van der Waals surface area contributed by atoms with E-state index in [0.29, 0.717) is 11.8 Å². The van der Waals surface area contributed by atoms with Crippen molar-refractivity contribution in [2.24, 2.45) is 11.8 Å². The molecule has 1 aromatic carbocycles. The van der Waals surface area contributed by atoms with Gasteiger partial charge in [0.2, 0.25) is 5.91 Å². The minimum absolute atomic E-state index is 0.119. The highest BCUT2D eigenvalue weighted by Crippen LogP contribution is 2.22. The topological polar surface area (TPSA) is 32.3 Å². The maximum Gasteiger partial charge on any atom is 0.226 e. The van der Waals surface area contributed by atoms with Crippen LogP contribution in [0.5, 0.6) is 0 Å². The number of hydrogen-bond acceptors (Lipinski definition) is 2. The monoisotopic (exact) mass is 274 g/mol. The van der Waals surface area contributed by atoms with E-state index in [1.54, 1.807) is 0 Å². The van der Waals surface area contributed by atoms with Gasteiger partial charge in [0.1, 0.15) is 0 Å². The lowest BCUT2D eigenvalue weighted by Gasteiger charge is -2.37. The van der Waals surface area contributed by atoms with Gasteiger partial charge in [-0.05, 0) is 37.9 Å². The van der Waals surface area contributed by atoms with Crippen LogP contribution < -0.4 is 5.32 Å². The average Bonchev–Trinajstić information content (AvgIpc) is 2.42. The number of nitrogens with one attached hydrogen (secondary N) is 1. The predicted molar refractivity (Wildman–Crippen MR) is 82.3 cm³/mol. The number of carbonyl (C=O) groups is 1. The van der Waals surface area contributed by atoms with Gasteiger partial charge < -0.3 is 10.2 Å². The number of benzene rings is 1. The van der Waals surface area contributed by atoms with Gasteiger partial charge in [-0.1, -0.05) is 44.2 Å². The standard InChI is InChI=1S/C17H26N2O/c1-4-13(2)19(12-15-8-6-5-7-9-15)17(20)14(3)16-10-18-11-16/h5-9,13-14,16,18H,4,10-12H2,1-3H3. The lowest BCUT2D eigenvalue weighted by Crippen LogP contribution is -2.51. The van der Waals surface area contributed by atoms with Crippen molar-refractivity contribution in [2.75, 3.05) is 13.1 Å². The lowest BCUT2D eigenvalue weighted by molar-refractivity contribution is -0.140. The van der Waals surface area contributed by atoms with Gasteiger partial charge in [0.15, 0.2) is 0 Å². The van der Waals surface area contributed by atoms with Crippen LogP contribution in [0, 0.1) is 11.8 Å². The summed E-state index contributed by atoms with van der Waals surface area (Å²) in [5, 5.41) is 3.26. The third-order valence-corrected chi connectivity index (χ3v) is 4.51. The molecule has 110 valence electrons. The molecule has 1 fully saturated rings. The van der Waals surface area contributed by atoms with Gasteiger partial charge in [0.25, 0.3) is 0 Å². The Labute approximate surface area is 122 Å². The SMILES string of the molecule is CCC(C)N(Cc1ccccc1)C(=O)C(C)C1CNC1. The predicted octanol–water partition coefficient (Wildman–Crippen LogP) is 2.67. The second-order valence-electron chi connectivity index (χ2n) is 5.92. The van der Waals surface area contributed by atoms with E-state index in [4.69, 9.17) is 0 Å². The molecule has 1 N–H and O–H groups in total. The highest BCUT2D eigenvalue weighted by Gasteiger charge is 2.32. The summed E-state index contributed by atoms with van der Waals surface area (Å²) in [4.78, 5) is 14.8. The van der Waals surface area contributed by atoms with E-state index in [9.17, 15) is 4.79 Å². The Morgan fingerprint density at radius 3 is 2.45 bits per heavy atom. The van der Waals surface area contributed by atoms with Crippen molar-refractivity contribution in [1.82, 2.24) is 10.2 Å². The van der Waals surface area contributed by atoms with Crippen LogP contribution in [0.25, 0.3) is 0 Å². The summed E-state index contributed by atoms with van der Waals surface area (Å²) in [7, 11) is 0. The molecule has 2 rings (SSSR count). The molecular formula is C17H26N2O. The normalized spacial score (nSPS) is 18.1. The zero-order valence-electron chi connectivity index (χ0n) is 12.8. The quantitative estimate of drug-likeness (QED) is 0.865. The molecule has 2 atom stereocenters. The van der Waals surface area contributed by atoms with Crippen molar-refractivity contribution in [2.45, 2.75) is 39.8 Å². The Hall–Kier alpha value is -1.35. The molecule has 1 heterocycles. The Kier molecular flexibility index (Phi) is 5.18. The van der Waals surface area contributed by atoms with E-state index >= 15 is 0 Å². The van der Waals surface area contributed by atoms with Crippen molar-refractivity contribution in [3.63, 3.8) is 0 Å². The first-order valence-electron chi connectivity index (χ1n) is 7.68. The van der Waals surface area contributed by atoms with E-state index in [1.165, 1.54) is 5.56 Å². The molecule has 0 radical (unpaired) electrons. The molecule has 0 aromatic heterocycles. The van der Waals surface area contributed by atoms with E-state index in [0.717, 1.165) is 26.1 Å². The largest absolute Gasteiger partial charge is 0.335 e. The van der Waals surface area contributed by atoms with E-state index in [2.05, 4.69) is 43.1 Å². The summed E-state index contributed by atoms with van der Waals surface area (Å²) < 4.78 is 0. The molecular weight excluding hydrogens is 248 g/mol. The second-order valence-corrected chi connectivity index (χ2v) is 5.92. The van der Waals surface area contributed by atoms with Gasteiger partial charge in [0.05, 0.1) is 0 Å². The van der Waals surface area contributed by atoms with Gasteiger partial charge in [-0.25, -0.2) is 0 Å². The van der Waals surface area contributed by atoms with E-state index in [-0.39, 0.29) is 12.0 Å². The fourth-order valence-corrected chi connectivity index (χ4v) is 2.58. The molecule has 2 unspecified atom stereocenters. The molecule has 1 amide bonds. The number of rotatable bonds is 6. The summed E-state index contributed by atoms with van der Waals surface area (Å²) in [6, 6.07) is 10.6. The molecule has 20 heavy (non-hydrogen) atoms. The van der Waals surface area contributed by atoms with Gasteiger partial charge in [-0.3, -0.25) is 4.79 Å². The summed E-state index contributed by atoms with van der Waals surface area (Å²) in [5.41, 5.74) is 1.21. The third-order valence-electron chi connectivity index (χ3n) is 4.51. The second kappa shape index (κ2) is 6.89. The van der Waals surface area contributed by atoms with Gasteiger partial charge in [-0.15, -0.1) is 0 Å². The van der Waals surface area contributed by atoms with Crippen molar-refractivity contribution in [3.8, 4) is 0 Å². The maximum atomic E-state index is 12.8. The molecule has 1 aliphatic rings. The summed E-state index contributed by atoms with van der Waals surface area (Å²) in [5.74, 6) is 0.925. The molecule has 3 heteroatoms. The van der Waals surface area contributed by atoms with Crippen molar-refractivity contribution in [3.05, 3.63) is 35.9 Å². The molecule has 0 aliphatic carbocycles. The van der Waals surface area contributed by atoms with E-state index < -0.39 is 0 Å². The highest BCUT2D eigenvalue weighted by molar-refractivity contribution is 5.79. The van der Waals surface area contributed by atoms with Crippen LogP contribution in [-0.2, 0) is 11.3 Å². The summed E-state index contributed by atoms with van der Waals surface area (Å²) in [6.45, 7) is 9.05. The Balaban J connectivity index is 2.08. The van der Waals surface area contributed by atoms with Crippen LogP contribution in [0.3, 0.4) is 0 Å². The summed E-state index contributed by atoms with van der Waals surface area (Å²) >= 11 is 0. The summed E-state index contributed by atoms with van der Waals surface area (Å²) in [6.07, 6.45) is 0.994. The molecule has 1 saturated heterocycles. The Morgan fingerprint density at radius 1 is 1.30 bits per heavy atom. The molecule has 0 bridgehead atoms. The molecule has 3 nitrogen and oxygen atoms in total. The van der Waals surface area contributed by atoms with Crippen LogP contribution in [-0.4, -0.2) is 29.9 Å². The van der Waals surface area contributed by atoms with Crippen LogP contribution >= 0.6 is 0 Å². The van der Waals surface area contributed by atoms with Gasteiger partial charge >= 0.3 is 0 Å². The lowest BCUT2D eigenvalue weighted by atomic mass is 9.87. The van der Waals surface area contributed by atoms with Crippen molar-refractivity contribution < 1.29 is 4.79 Å². The van der Waals surface area contributed by atoms with Crippen LogP contribution in [0.1, 0.15) is 32.8 Å². The van der Waals surface area contributed by atoms with Crippen molar-refractivity contribution >= 4 is 5.91 Å². The van der Waals surface area contributed by atoms with Gasteiger partial charge in [-0.2, -0.15) is 0 Å². The highest BCUT2D eigenvalue weighted by atomic mass is 16.2. The maximum absolute atomic E-state index is 12.8. The van der Waals surface area contributed by atoms with E-state index in [1.807, 2.05) is 18.2 Å². The molecule has 1 aliphatic heterocycles. The van der Waals surface area contributed by atoms with Crippen molar-refractivity contribution in [1.29, 1.82) is 0 Å². The molecule has 0 spiro atoms. The zero-order chi connectivity index (χ0) is 14.5. The van der Waals surface area contributed by atoms with Crippen LogP contribution in [0.15, 0.2) is 30.3 Å². The fourth-order valence-electron chi connectivity index (χ4n) is 2.58. The fraction of sp³-hybridized carbons (Fsp3) is 0.588. The Morgan fingerprint density at radius 2 is 1.95 bits per heavy atom. The average molecular weight is 274 g/mol. The first-order chi connectivity index (χ1) is 9.63. The first-order valence-corrected chi connectivity index (χ1v) is 7.68. The smallest absolute Gasteiger partial charge is 0.226 e. The first kappa shape index (κ1) is 15.0. The third kappa shape index (κ3) is 3.40. The molecule has 0 saturated carbocycles.